The molecule has 156 valence electrons. The Hall–Kier alpha value is -2.57. The molecule has 2 aromatic carbocycles. The fourth-order valence-electron chi connectivity index (χ4n) is 3.48. The monoisotopic (exact) mass is 400 g/mol. The molecule has 0 aliphatic carbocycles. The Balaban J connectivity index is 1.45. The first kappa shape index (κ1) is 21.1. The molecule has 0 saturated carbocycles. The standard InChI is InChI=1S/C23H29FN2O3/c1-3-4-18-5-10-22(23(15-18)28-2)29-17-21(27)16-25-11-13-26(14-12-25)20-8-6-19(24)7-9-20/h3-10,15,21,27H,11-14,16-17H2,1-2H3. The Morgan fingerprint density at radius 1 is 1.07 bits per heavy atom. The van der Waals surface area contributed by atoms with Gasteiger partial charge < -0.3 is 19.5 Å². The van der Waals surface area contributed by atoms with Crippen LogP contribution in [0.25, 0.3) is 6.08 Å². The lowest BCUT2D eigenvalue weighted by Gasteiger charge is -2.36. The van der Waals surface area contributed by atoms with Crippen molar-refractivity contribution in [2.75, 3.05) is 51.3 Å². The van der Waals surface area contributed by atoms with E-state index in [1.54, 1.807) is 7.11 Å². The molecular formula is C23H29FN2O3. The Bertz CT molecular complexity index is 802. The smallest absolute Gasteiger partial charge is 0.161 e. The molecule has 2 aromatic rings. The number of rotatable bonds is 8. The largest absolute Gasteiger partial charge is 0.493 e. The molecule has 1 fully saturated rings. The fraction of sp³-hybridized carbons (Fsp3) is 0.391. The van der Waals surface area contributed by atoms with Crippen LogP contribution in [-0.2, 0) is 0 Å². The van der Waals surface area contributed by atoms with Gasteiger partial charge in [0.05, 0.1) is 7.11 Å². The van der Waals surface area contributed by atoms with Crippen molar-refractivity contribution in [1.82, 2.24) is 4.90 Å². The number of anilines is 1. The van der Waals surface area contributed by atoms with Crippen LogP contribution in [0.2, 0.25) is 0 Å². The lowest BCUT2D eigenvalue weighted by Crippen LogP contribution is -2.49. The maximum Gasteiger partial charge on any atom is 0.161 e. The van der Waals surface area contributed by atoms with Crippen LogP contribution in [0, 0.1) is 5.82 Å². The van der Waals surface area contributed by atoms with E-state index in [0.717, 1.165) is 37.4 Å². The maximum atomic E-state index is 13.1. The van der Waals surface area contributed by atoms with Gasteiger partial charge in [-0.2, -0.15) is 0 Å². The summed E-state index contributed by atoms with van der Waals surface area (Å²) in [4.78, 5) is 4.45. The summed E-state index contributed by atoms with van der Waals surface area (Å²) in [6, 6.07) is 12.3. The van der Waals surface area contributed by atoms with Gasteiger partial charge in [0.2, 0.25) is 0 Å². The van der Waals surface area contributed by atoms with Crippen molar-refractivity contribution in [2.45, 2.75) is 13.0 Å². The molecule has 1 aliphatic rings. The van der Waals surface area contributed by atoms with Gasteiger partial charge >= 0.3 is 0 Å². The number of piperazine rings is 1. The fourth-order valence-corrected chi connectivity index (χ4v) is 3.48. The van der Waals surface area contributed by atoms with Crippen LogP contribution in [0.1, 0.15) is 12.5 Å². The van der Waals surface area contributed by atoms with Crippen LogP contribution < -0.4 is 14.4 Å². The number of hydrogen-bond acceptors (Lipinski definition) is 5. The minimum absolute atomic E-state index is 0.206. The summed E-state index contributed by atoms with van der Waals surface area (Å²) in [7, 11) is 1.61. The van der Waals surface area contributed by atoms with E-state index in [4.69, 9.17) is 9.47 Å². The first-order chi connectivity index (χ1) is 14.1. The molecule has 0 amide bonds. The number of hydrogen-bond donors (Lipinski definition) is 1. The summed E-state index contributed by atoms with van der Waals surface area (Å²) in [6.45, 7) is 6.10. The van der Waals surface area contributed by atoms with Crippen molar-refractivity contribution < 1.29 is 19.0 Å². The van der Waals surface area contributed by atoms with Crippen LogP contribution in [0.15, 0.2) is 48.5 Å². The molecular weight excluding hydrogens is 371 g/mol. The molecule has 1 N–H and O–H groups in total. The third-order valence-electron chi connectivity index (χ3n) is 5.01. The average molecular weight is 400 g/mol. The number of aliphatic hydroxyl groups is 1. The van der Waals surface area contributed by atoms with Crippen molar-refractivity contribution in [3.8, 4) is 11.5 Å². The number of benzene rings is 2. The van der Waals surface area contributed by atoms with Gasteiger partial charge in [-0.15, -0.1) is 0 Å². The predicted molar refractivity (Wildman–Crippen MR) is 114 cm³/mol. The van der Waals surface area contributed by atoms with E-state index >= 15 is 0 Å². The number of β-amino-alcohol motifs (C(OH)–C–C–N with tert-alkyl or cyclic N) is 1. The van der Waals surface area contributed by atoms with E-state index in [0.29, 0.717) is 18.0 Å². The molecule has 1 heterocycles. The zero-order valence-corrected chi connectivity index (χ0v) is 17.1. The van der Waals surface area contributed by atoms with E-state index in [1.165, 1.54) is 12.1 Å². The van der Waals surface area contributed by atoms with Gasteiger partial charge in [-0.25, -0.2) is 4.39 Å². The summed E-state index contributed by atoms with van der Waals surface area (Å²) in [5.41, 5.74) is 2.07. The van der Waals surface area contributed by atoms with Gasteiger partial charge in [-0.05, 0) is 48.9 Å². The highest BCUT2D eigenvalue weighted by Crippen LogP contribution is 2.28. The van der Waals surface area contributed by atoms with Gasteiger partial charge in [-0.1, -0.05) is 18.2 Å². The highest BCUT2D eigenvalue weighted by Gasteiger charge is 2.20. The highest BCUT2D eigenvalue weighted by atomic mass is 19.1. The van der Waals surface area contributed by atoms with Crippen LogP contribution in [0.3, 0.4) is 0 Å². The first-order valence-electron chi connectivity index (χ1n) is 9.93. The highest BCUT2D eigenvalue weighted by molar-refractivity contribution is 5.55. The quantitative estimate of drug-likeness (QED) is 0.736. The molecule has 29 heavy (non-hydrogen) atoms. The van der Waals surface area contributed by atoms with Crippen LogP contribution >= 0.6 is 0 Å². The lowest BCUT2D eigenvalue weighted by atomic mass is 10.2. The second-order valence-corrected chi connectivity index (χ2v) is 7.14. The van der Waals surface area contributed by atoms with Crippen molar-refractivity contribution in [3.63, 3.8) is 0 Å². The molecule has 1 atom stereocenters. The molecule has 0 bridgehead atoms. The SMILES string of the molecule is CC=Cc1ccc(OCC(O)CN2CCN(c3ccc(F)cc3)CC2)c(OC)c1. The lowest BCUT2D eigenvalue weighted by molar-refractivity contribution is 0.0653. The van der Waals surface area contributed by atoms with Crippen molar-refractivity contribution in [1.29, 1.82) is 0 Å². The molecule has 5 nitrogen and oxygen atoms in total. The minimum Gasteiger partial charge on any atom is -0.493 e. The second kappa shape index (κ2) is 10.3. The average Bonchev–Trinajstić information content (AvgIpc) is 2.74. The molecule has 1 saturated heterocycles. The topological polar surface area (TPSA) is 45.2 Å². The maximum absolute atomic E-state index is 13.1. The number of halogens is 1. The number of ether oxygens (including phenoxy) is 2. The van der Waals surface area contributed by atoms with E-state index in [-0.39, 0.29) is 12.4 Å². The molecule has 3 rings (SSSR count). The first-order valence-corrected chi connectivity index (χ1v) is 9.93. The van der Waals surface area contributed by atoms with E-state index in [9.17, 15) is 9.50 Å². The van der Waals surface area contributed by atoms with Gasteiger partial charge in [-0.3, -0.25) is 4.90 Å². The summed E-state index contributed by atoms with van der Waals surface area (Å²) < 4.78 is 24.3. The van der Waals surface area contributed by atoms with Crippen LogP contribution in [0.4, 0.5) is 10.1 Å². The van der Waals surface area contributed by atoms with Gasteiger partial charge in [0.1, 0.15) is 18.5 Å². The zero-order valence-electron chi connectivity index (χ0n) is 17.1. The van der Waals surface area contributed by atoms with Crippen molar-refractivity contribution in [3.05, 3.63) is 59.9 Å². The van der Waals surface area contributed by atoms with E-state index < -0.39 is 6.10 Å². The van der Waals surface area contributed by atoms with Crippen LogP contribution in [0.5, 0.6) is 11.5 Å². The molecule has 1 unspecified atom stereocenters. The second-order valence-electron chi connectivity index (χ2n) is 7.14. The van der Waals surface area contributed by atoms with Crippen molar-refractivity contribution in [2.24, 2.45) is 0 Å². The Morgan fingerprint density at radius 3 is 2.45 bits per heavy atom. The van der Waals surface area contributed by atoms with E-state index in [2.05, 4.69) is 9.80 Å². The van der Waals surface area contributed by atoms with Gasteiger partial charge in [0.15, 0.2) is 11.5 Å². The number of allylic oxidation sites excluding steroid dienone is 1. The minimum atomic E-state index is -0.590. The molecule has 1 aliphatic heterocycles. The van der Waals surface area contributed by atoms with Crippen LogP contribution in [-0.4, -0.2) is 62.6 Å². The molecule has 0 aromatic heterocycles. The number of nitrogens with zero attached hydrogens (tertiary/aromatic N) is 2. The molecule has 0 spiro atoms. The summed E-state index contributed by atoms with van der Waals surface area (Å²) in [6.07, 6.45) is 3.37. The third kappa shape index (κ3) is 5.95. The van der Waals surface area contributed by atoms with E-state index in [1.807, 2.05) is 49.4 Å². The third-order valence-corrected chi connectivity index (χ3v) is 5.01. The van der Waals surface area contributed by atoms with Gasteiger partial charge in [0, 0.05) is 38.4 Å². The summed E-state index contributed by atoms with van der Waals surface area (Å²) in [5, 5.41) is 10.4. The Labute approximate surface area is 172 Å². The summed E-state index contributed by atoms with van der Waals surface area (Å²) in [5.74, 6) is 1.06. The number of methoxy groups -OCH3 is 1. The zero-order chi connectivity index (χ0) is 20.6. The van der Waals surface area contributed by atoms with Gasteiger partial charge in [0.25, 0.3) is 0 Å². The predicted octanol–water partition coefficient (Wildman–Crippen LogP) is 3.43. The summed E-state index contributed by atoms with van der Waals surface area (Å²) >= 11 is 0. The Kier molecular flexibility index (Phi) is 7.49. The molecule has 0 radical (unpaired) electrons. The molecule has 6 heteroatoms. The normalized spacial score (nSPS) is 16.2. The number of aliphatic hydroxyl groups excluding tert-OH is 1. The van der Waals surface area contributed by atoms with Crippen molar-refractivity contribution >= 4 is 11.8 Å². The Morgan fingerprint density at radius 2 is 1.79 bits per heavy atom.